The molecule has 2 nitrogen and oxygen atoms in total. The van der Waals surface area contributed by atoms with Crippen molar-refractivity contribution in [2.45, 2.75) is 25.8 Å². The lowest BCUT2D eigenvalue weighted by molar-refractivity contribution is 0.654. The van der Waals surface area contributed by atoms with Crippen LogP contribution in [0.3, 0.4) is 0 Å². The topological polar surface area (TPSA) is 38.9 Å². The fourth-order valence-electron chi connectivity index (χ4n) is 1.72. The summed E-state index contributed by atoms with van der Waals surface area (Å²) in [7, 11) is 0. The standard InChI is InChI=1S/C13H16N2S/c1-10-9-11(6-7-15-10)13(14)5-4-12-3-2-8-16-12/h2-3,6-9,13H,4-5,14H2,1H3. The SMILES string of the molecule is Cc1cc(C(N)CCc2cccs2)ccn1. The number of aromatic nitrogens is 1. The van der Waals surface area contributed by atoms with E-state index in [0.29, 0.717) is 0 Å². The van der Waals surface area contributed by atoms with Gasteiger partial charge in [0.25, 0.3) is 0 Å². The molecule has 0 saturated heterocycles. The first-order valence-corrected chi connectivity index (χ1v) is 6.34. The number of hydrogen-bond donors (Lipinski definition) is 1. The van der Waals surface area contributed by atoms with Gasteiger partial charge in [-0.2, -0.15) is 0 Å². The molecule has 0 amide bonds. The van der Waals surface area contributed by atoms with Crippen LogP contribution in [0.5, 0.6) is 0 Å². The van der Waals surface area contributed by atoms with Gasteiger partial charge >= 0.3 is 0 Å². The van der Waals surface area contributed by atoms with Crippen LogP contribution in [0.4, 0.5) is 0 Å². The molecule has 2 N–H and O–H groups in total. The molecule has 0 saturated carbocycles. The Morgan fingerprint density at radius 2 is 2.31 bits per heavy atom. The number of thiophene rings is 1. The van der Waals surface area contributed by atoms with Crippen LogP contribution in [-0.2, 0) is 6.42 Å². The van der Waals surface area contributed by atoms with Crippen molar-refractivity contribution in [2.24, 2.45) is 5.73 Å². The van der Waals surface area contributed by atoms with Crippen LogP contribution in [0.2, 0.25) is 0 Å². The van der Waals surface area contributed by atoms with Gasteiger partial charge in [0.2, 0.25) is 0 Å². The summed E-state index contributed by atoms with van der Waals surface area (Å²) in [4.78, 5) is 5.58. The number of rotatable bonds is 4. The molecule has 0 spiro atoms. The Bertz CT molecular complexity index is 437. The van der Waals surface area contributed by atoms with Crippen LogP contribution in [-0.4, -0.2) is 4.98 Å². The highest BCUT2D eigenvalue weighted by Gasteiger charge is 2.06. The van der Waals surface area contributed by atoms with Crippen molar-refractivity contribution in [3.63, 3.8) is 0 Å². The first kappa shape index (κ1) is 11.3. The van der Waals surface area contributed by atoms with E-state index in [4.69, 9.17) is 5.73 Å². The van der Waals surface area contributed by atoms with Gasteiger partial charge < -0.3 is 5.73 Å². The molecule has 0 aliphatic rings. The number of pyridine rings is 1. The molecule has 0 aliphatic carbocycles. The van der Waals surface area contributed by atoms with E-state index < -0.39 is 0 Å². The lowest BCUT2D eigenvalue weighted by atomic mass is 10.0. The molecule has 84 valence electrons. The molecule has 2 aromatic heterocycles. The highest BCUT2D eigenvalue weighted by Crippen LogP contribution is 2.19. The molecule has 0 aliphatic heterocycles. The minimum absolute atomic E-state index is 0.115. The van der Waals surface area contributed by atoms with Crippen molar-refractivity contribution in [1.82, 2.24) is 4.98 Å². The molecule has 0 bridgehead atoms. The number of nitrogens with two attached hydrogens (primary N) is 1. The van der Waals surface area contributed by atoms with Gasteiger partial charge in [-0.05, 0) is 48.9 Å². The summed E-state index contributed by atoms with van der Waals surface area (Å²) in [5, 5.41) is 2.11. The summed E-state index contributed by atoms with van der Waals surface area (Å²) in [5.41, 5.74) is 8.37. The summed E-state index contributed by atoms with van der Waals surface area (Å²) in [6.45, 7) is 2.00. The van der Waals surface area contributed by atoms with Gasteiger partial charge in [-0.15, -0.1) is 11.3 Å². The Hall–Kier alpha value is -1.19. The zero-order chi connectivity index (χ0) is 11.4. The van der Waals surface area contributed by atoms with Crippen LogP contribution in [0.15, 0.2) is 35.8 Å². The average Bonchev–Trinajstić information content (AvgIpc) is 2.78. The molecule has 1 atom stereocenters. The van der Waals surface area contributed by atoms with Gasteiger partial charge in [-0.1, -0.05) is 6.07 Å². The van der Waals surface area contributed by atoms with Gasteiger partial charge in [-0.25, -0.2) is 0 Å². The molecule has 1 unspecified atom stereocenters. The van der Waals surface area contributed by atoms with E-state index in [0.717, 1.165) is 18.5 Å². The summed E-state index contributed by atoms with van der Waals surface area (Å²) in [5.74, 6) is 0. The third-order valence-corrected chi connectivity index (χ3v) is 3.57. The summed E-state index contributed by atoms with van der Waals surface area (Å²) in [6.07, 6.45) is 3.87. The number of aryl methyl sites for hydroxylation is 2. The summed E-state index contributed by atoms with van der Waals surface area (Å²) < 4.78 is 0. The van der Waals surface area contributed by atoms with E-state index in [1.54, 1.807) is 11.3 Å². The monoisotopic (exact) mass is 232 g/mol. The average molecular weight is 232 g/mol. The number of nitrogens with zero attached hydrogens (tertiary/aromatic N) is 1. The Morgan fingerprint density at radius 1 is 1.44 bits per heavy atom. The van der Waals surface area contributed by atoms with E-state index in [-0.39, 0.29) is 6.04 Å². The number of hydrogen-bond acceptors (Lipinski definition) is 3. The smallest absolute Gasteiger partial charge is 0.0375 e. The first-order chi connectivity index (χ1) is 7.75. The normalized spacial score (nSPS) is 12.6. The Morgan fingerprint density at radius 3 is 3.00 bits per heavy atom. The predicted molar refractivity (Wildman–Crippen MR) is 68.5 cm³/mol. The zero-order valence-corrected chi connectivity index (χ0v) is 10.2. The van der Waals surface area contributed by atoms with Gasteiger partial charge in [0.05, 0.1) is 0 Å². The fourth-order valence-corrected chi connectivity index (χ4v) is 2.44. The predicted octanol–water partition coefficient (Wildman–Crippen LogP) is 3.08. The van der Waals surface area contributed by atoms with Crippen LogP contribution >= 0.6 is 11.3 Å². The summed E-state index contributed by atoms with van der Waals surface area (Å²) in [6, 6.07) is 8.44. The second-order valence-corrected chi connectivity index (χ2v) is 4.99. The second-order valence-electron chi connectivity index (χ2n) is 3.96. The maximum absolute atomic E-state index is 6.16. The Balaban J connectivity index is 1.95. The molecule has 2 heterocycles. The van der Waals surface area contributed by atoms with Crippen molar-refractivity contribution in [3.05, 3.63) is 52.0 Å². The van der Waals surface area contributed by atoms with E-state index in [2.05, 4.69) is 28.6 Å². The van der Waals surface area contributed by atoms with E-state index >= 15 is 0 Å². The third-order valence-electron chi connectivity index (χ3n) is 2.63. The zero-order valence-electron chi connectivity index (χ0n) is 9.39. The van der Waals surface area contributed by atoms with Gasteiger partial charge in [0, 0.05) is 22.8 Å². The van der Waals surface area contributed by atoms with Gasteiger partial charge in [0.15, 0.2) is 0 Å². The van der Waals surface area contributed by atoms with E-state index in [9.17, 15) is 0 Å². The second kappa shape index (κ2) is 5.23. The molecule has 3 heteroatoms. The molecule has 0 aromatic carbocycles. The Labute approximate surface area is 100 Å². The van der Waals surface area contributed by atoms with Gasteiger partial charge in [-0.3, -0.25) is 4.98 Å². The van der Waals surface area contributed by atoms with E-state index in [1.807, 2.05) is 19.2 Å². The lowest BCUT2D eigenvalue weighted by Gasteiger charge is -2.11. The summed E-state index contributed by atoms with van der Waals surface area (Å²) >= 11 is 1.80. The lowest BCUT2D eigenvalue weighted by Crippen LogP contribution is -2.11. The van der Waals surface area contributed by atoms with Crippen LogP contribution in [0, 0.1) is 6.92 Å². The fraction of sp³-hybridized carbons (Fsp3) is 0.308. The maximum atomic E-state index is 6.16. The molecule has 16 heavy (non-hydrogen) atoms. The quantitative estimate of drug-likeness (QED) is 0.879. The first-order valence-electron chi connectivity index (χ1n) is 5.46. The van der Waals surface area contributed by atoms with Crippen molar-refractivity contribution in [2.75, 3.05) is 0 Å². The van der Waals surface area contributed by atoms with Gasteiger partial charge in [0.1, 0.15) is 0 Å². The molecule has 2 aromatic rings. The van der Waals surface area contributed by atoms with Crippen LogP contribution < -0.4 is 5.73 Å². The third kappa shape index (κ3) is 2.90. The van der Waals surface area contributed by atoms with E-state index in [1.165, 1.54) is 10.4 Å². The van der Waals surface area contributed by atoms with Crippen LogP contribution in [0.25, 0.3) is 0 Å². The van der Waals surface area contributed by atoms with Crippen molar-refractivity contribution in [1.29, 1.82) is 0 Å². The largest absolute Gasteiger partial charge is 0.324 e. The van der Waals surface area contributed by atoms with Crippen molar-refractivity contribution in [3.8, 4) is 0 Å². The molecule has 0 fully saturated rings. The molecule has 0 radical (unpaired) electrons. The van der Waals surface area contributed by atoms with Crippen molar-refractivity contribution >= 4 is 11.3 Å². The minimum Gasteiger partial charge on any atom is -0.324 e. The molecule has 2 rings (SSSR count). The molecular weight excluding hydrogens is 216 g/mol. The Kier molecular flexibility index (Phi) is 3.70. The van der Waals surface area contributed by atoms with Crippen molar-refractivity contribution < 1.29 is 0 Å². The highest BCUT2D eigenvalue weighted by atomic mass is 32.1. The highest BCUT2D eigenvalue weighted by molar-refractivity contribution is 7.09. The van der Waals surface area contributed by atoms with Crippen LogP contribution in [0.1, 0.15) is 28.6 Å². The maximum Gasteiger partial charge on any atom is 0.0375 e. The molecular formula is C13H16N2S. The minimum atomic E-state index is 0.115.